The van der Waals surface area contributed by atoms with Crippen molar-refractivity contribution in [1.82, 2.24) is 15.1 Å². The molecule has 2 heterocycles. The standard InChI is InChI=1S/C20H30ClN5O2/c1-15-17(21)4-3-5-18(15)24-19(27)6-8-23-20(22-2)26-9-7-16(14-26)25-10-12-28-13-11-25/h3-5,16H,6-14H2,1-2H3,(H,22,23)(H,24,27). The number of nitrogens with one attached hydrogen (secondary N) is 2. The highest BCUT2D eigenvalue weighted by Gasteiger charge is 2.30. The summed E-state index contributed by atoms with van der Waals surface area (Å²) in [5.74, 6) is 0.823. The summed E-state index contributed by atoms with van der Waals surface area (Å²) in [6.07, 6.45) is 1.50. The summed E-state index contributed by atoms with van der Waals surface area (Å²) in [7, 11) is 1.79. The van der Waals surface area contributed by atoms with Crippen molar-refractivity contribution in [2.75, 3.05) is 58.3 Å². The van der Waals surface area contributed by atoms with Crippen LogP contribution in [0.15, 0.2) is 23.2 Å². The zero-order chi connectivity index (χ0) is 19.9. The molecule has 7 nitrogen and oxygen atoms in total. The number of carbonyl (C=O) groups excluding carboxylic acids is 1. The van der Waals surface area contributed by atoms with Crippen LogP contribution in [0.2, 0.25) is 5.02 Å². The van der Waals surface area contributed by atoms with Crippen LogP contribution in [0, 0.1) is 6.92 Å². The lowest BCUT2D eigenvalue weighted by molar-refractivity contribution is -0.116. The second-order valence-corrected chi connectivity index (χ2v) is 7.63. The third-order valence-electron chi connectivity index (χ3n) is 5.41. The molecule has 28 heavy (non-hydrogen) atoms. The number of aliphatic imine (C=N–C) groups is 1. The normalized spacial score (nSPS) is 21.0. The molecule has 1 unspecified atom stereocenters. The molecule has 0 aromatic heterocycles. The molecule has 8 heteroatoms. The molecule has 1 atom stereocenters. The number of benzene rings is 1. The number of nitrogens with zero attached hydrogens (tertiary/aromatic N) is 3. The minimum Gasteiger partial charge on any atom is -0.379 e. The summed E-state index contributed by atoms with van der Waals surface area (Å²) < 4.78 is 5.45. The van der Waals surface area contributed by atoms with Gasteiger partial charge in [-0.15, -0.1) is 0 Å². The Morgan fingerprint density at radius 1 is 1.32 bits per heavy atom. The minimum atomic E-state index is -0.0408. The molecule has 0 radical (unpaired) electrons. The first-order valence-electron chi connectivity index (χ1n) is 9.91. The van der Waals surface area contributed by atoms with Gasteiger partial charge in [-0.2, -0.15) is 0 Å². The Hall–Kier alpha value is -1.83. The Morgan fingerprint density at radius 2 is 2.11 bits per heavy atom. The molecule has 2 aliphatic rings. The molecule has 0 bridgehead atoms. The zero-order valence-corrected chi connectivity index (χ0v) is 17.5. The van der Waals surface area contributed by atoms with Gasteiger partial charge in [0.1, 0.15) is 0 Å². The summed E-state index contributed by atoms with van der Waals surface area (Å²) in [4.78, 5) is 21.4. The van der Waals surface area contributed by atoms with Crippen molar-refractivity contribution in [3.63, 3.8) is 0 Å². The summed E-state index contributed by atoms with van der Waals surface area (Å²) in [5.41, 5.74) is 1.64. The fraction of sp³-hybridized carbons (Fsp3) is 0.600. The quantitative estimate of drug-likeness (QED) is 0.576. The number of hydrogen-bond acceptors (Lipinski definition) is 4. The van der Waals surface area contributed by atoms with Crippen LogP contribution in [0.3, 0.4) is 0 Å². The third-order valence-corrected chi connectivity index (χ3v) is 5.82. The molecule has 2 N–H and O–H groups in total. The maximum atomic E-state index is 12.3. The van der Waals surface area contributed by atoms with Gasteiger partial charge in [0, 0.05) is 62.9 Å². The van der Waals surface area contributed by atoms with Gasteiger partial charge in [-0.25, -0.2) is 0 Å². The number of likely N-dealkylation sites (tertiary alicyclic amines) is 1. The molecular formula is C20H30ClN5O2. The van der Waals surface area contributed by atoms with Crippen LogP contribution in [-0.2, 0) is 9.53 Å². The topological polar surface area (TPSA) is 69.2 Å². The van der Waals surface area contributed by atoms with Crippen molar-refractivity contribution in [3.05, 3.63) is 28.8 Å². The van der Waals surface area contributed by atoms with Crippen LogP contribution < -0.4 is 10.6 Å². The zero-order valence-electron chi connectivity index (χ0n) is 16.7. The molecule has 0 aliphatic carbocycles. The van der Waals surface area contributed by atoms with Crippen LogP contribution >= 0.6 is 11.6 Å². The average Bonchev–Trinajstić information content (AvgIpc) is 3.19. The van der Waals surface area contributed by atoms with E-state index in [0.717, 1.165) is 63.0 Å². The highest BCUT2D eigenvalue weighted by molar-refractivity contribution is 6.31. The van der Waals surface area contributed by atoms with Gasteiger partial charge >= 0.3 is 0 Å². The molecule has 1 amide bonds. The summed E-state index contributed by atoms with van der Waals surface area (Å²) in [6.45, 7) is 8.05. The number of morpholine rings is 1. The van der Waals surface area contributed by atoms with Crippen molar-refractivity contribution >= 4 is 29.2 Å². The van der Waals surface area contributed by atoms with Gasteiger partial charge in [-0.05, 0) is 31.0 Å². The van der Waals surface area contributed by atoms with E-state index in [-0.39, 0.29) is 5.91 Å². The Bertz CT molecular complexity index is 706. The van der Waals surface area contributed by atoms with E-state index in [1.807, 2.05) is 25.1 Å². The molecule has 154 valence electrons. The van der Waals surface area contributed by atoms with Crippen molar-refractivity contribution in [3.8, 4) is 0 Å². The molecular weight excluding hydrogens is 378 g/mol. The fourth-order valence-corrected chi connectivity index (χ4v) is 3.93. The lowest BCUT2D eigenvalue weighted by Gasteiger charge is -2.32. The van der Waals surface area contributed by atoms with Gasteiger partial charge < -0.3 is 20.3 Å². The van der Waals surface area contributed by atoms with E-state index in [1.165, 1.54) is 0 Å². The first kappa shape index (κ1) is 20.9. The van der Waals surface area contributed by atoms with Gasteiger partial charge in [-0.1, -0.05) is 17.7 Å². The minimum absolute atomic E-state index is 0.0408. The number of hydrogen-bond donors (Lipinski definition) is 2. The van der Waals surface area contributed by atoms with E-state index >= 15 is 0 Å². The monoisotopic (exact) mass is 407 g/mol. The molecule has 2 saturated heterocycles. The number of carbonyl (C=O) groups is 1. The molecule has 1 aromatic rings. The van der Waals surface area contributed by atoms with Gasteiger partial charge in [0.2, 0.25) is 5.91 Å². The second kappa shape index (κ2) is 10.1. The fourth-order valence-electron chi connectivity index (χ4n) is 3.75. The largest absolute Gasteiger partial charge is 0.379 e. The third kappa shape index (κ3) is 5.37. The predicted molar refractivity (Wildman–Crippen MR) is 113 cm³/mol. The number of guanidine groups is 1. The number of anilines is 1. The first-order valence-corrected chi connectivity index (χ1v) is 10.3. The van der Waals surface area contributed by atoms with Crippen molar-refractivity contribution in [2.24, 2.45) is 4.99 Å². The number of halogens is 1. The summed E-state index contributed by atoms with van der Waals surface area (Å²) in [6, 6.07) is 6.07. The van der Waals surface area contributed by atoms with Crippen LogP contribution in [0.4, 0.5) is 5.69 Å². The molecule has 2 fully saturated rings. The second-order valence-electron chi connectivity index (χ2n) is 7.22. The Morgan fingerprint density at radius 3 is 2.86 bits per heavy atom. The molecule has 1 aromatic carbocycles. The SMILES string of the molecule is CN=C(NCCC(=O)Nc1cccc(Cl)c1C)N1CCC(N2CCOCC2)C1. The van der Waals surface area contributed by atoms with E-state index in [1.54, 1.807) is 7.05 Å². The Labute approximate surface area is 172 Å². The van der Waals surface area contributed by atoms with E-state index < -0.39 is 0 Å². The smallest absolute Gasteiger partial charge is 0.226 e. The van der Waals surface area contributed by atoms with E-state index in [0.29, 0.717) is 24.0 Å². The number of ether oxygens (including phenoxy) is 1. The van der Waals surface area contributed by atoms with Crippen LogP contribution in [-0.4, -0.2) is 80.7 Å². The molecule has 3 rings (SSSR count). The van der Waals surface area contributed by atoms with E-state index in [9.17, 15) is 4.79 Å². The Kier molecular flexibility index (Phi) is 7.53. The predicted octanol–water partition coefficient (Wildman–Crippen LogP) is 1.96. The maximum absolute atomic E-state index is 12.3. The molecule has 2 aliphatic heterocycles. The molecule has 0 spiro atoms. The highest BCUT2D eigenvalue weighted by atomic mass is 35.5. The highest BCUT2D eigenvalue weighted by Crippen LogP contribution is 2.23. The van der Waals surface area contributed by atoms with Crippen LogP contribution in [0.25, 0.3) is 0 Å². The lowest BCUT2D eigenvalue weighted by Crippen LogP contribution is -2.47. The summed E-state index contributed by atoms with van der Waals surface area (Å²) in [5, 5.41) is 6.90. The van der Waals surface area contributed by atoms with Crippen molar-refractivity contribution < 1.29 is 9.53 Å². The van der Waals surface area contributed by atoms with Gasteiger partial charge in [0.05, 0.1) is 13.2 Å². The first-order chi connectivity index (χ1) is 13.6. The van der Waals surface area contributed by atoms with Crippen LogP contribution in [0.5, 0.6) is 0 Å². The van der Waals surface area contributed by atoms with Gasteiger partial charge in [0.25, 0.3) is 0 Å². The average molecular weight is 408 g/mol. The molecule has 0 saturated carbocycles. The van der Waals surface area contributed by atoms with E-state index in [4.69, 9.17) is 16.3 Å². The van der Waals surface area contributed by atoms with Crippen molar-refractivity contribution in [1.29, 1.82) is 0 Å². The van der Waals surface area contributed by atoms with Crippen LogP contribution in [0.1, 0.15) is 18.4 Å². The van der Waals surface area contributed by atoms with Gasteiger partial charge in [0.15, 0.2) is 5.96 Å². The van der Waals surface area contributed by atoms with Gasteiger partial charge in [-0.3, -0.25) is 14.7 Å². The van der Waals surface area contributed by atoms with E-state index in [2.05, 4.69) is 25.4 Å². The lowest BCUT2D eigenvalue weighted by atomic mass is 10.2. The maximum Gasteiger partial charge on any atom is 0.226 e. The summed E-state index contributed by atoms with van der Waals surface area (Å²) >= 11 is 6.11. The number of amides is 1. The Balaban J connectivity index is 1.43. The number of rotatable bonds is 5. The van der Waals surface area contributed by atoms with Crippen molar-refractivity contribution in [2.45, 2.75) is 25.8 Å².